The molecule has 0 radical (unpaired) electrons. The monoisotopic (exact) mass is 233 g/mol. The maximum atomic E-state index is 10.1. The fraction of sp³-hybridized carbons (Fsp3) is 0.333. The molecule has 1 aromatic carbocycles. The van der Waals surface area contributed by atoms with Crippen LogP contribution in [0.1, 0.15) is 17.4 Å². The Morgan fingerprint density at radius 3 is 2.82 bits per heavy atom. The van der Waals surface area contributed by atoms with E-state index in [1.807, 2.05) is 24.3 Å². The van der Waals surface area contributed by atoms with E-state index in [4.69, 9.17) is 4.74 Å². The van der Waals surface area contributed by atoms with E-state index in [1.54, 1.807) is 25.0 Å². The average Bonchev–Trinajstić information content (AvgIpc) is 2.74. The standard InChI is InChI=1S/C12H15N3O2/c1-15-8-9(13-14-15)7-11(16)10-5-3-4-6-12(10)17-2/h3-6,8,11,16H,7H2,1-2H3. The number of hydrogen-bond donors (Lipinski definition) is 1. The van der Waals surface area contributed by atoms with Gasteiger partial charge in [-0.1, -0.05) is 23.4 Å². The SMILES string of the molecule is COc1ccccc1C(O)Cc1cn(C)nn1. The van der Waals surface area contributed by atoms with Gasteiger partial charge >= 0.3 is 0 Å². The lowest BCUT2D eigenvalue weighted by Crippen LogP contribution is -2.04. The van der Waals surface area contributed by atoms with E-state index in [0.29, 0.717) is 12.2 Å². The molecule has 2 rings (SSSR count). The van der Waals surface area contributed by atoms with Crippen LogP contribution in [0.4, 0.5) is 0 Å². The summed E-state index contributed by atoms with van der Waals surface area (Å²) in [4.78, 5) is 0. The largest absolute Gasteiger partial charge is 0.496 e. The molecule has 0 spiro atoms. The first-order chi connectivity index (χ1) is 8.20. The van der Waals surface area contributed by atoms with Gasteiger partial charge in [-0.05, 0) is 6.07 Å². The molecule has 17 heavy (non-hydrogen) atoms. The number of aryl methyl sites for hydroxylation is 1. The van der Waals surface area contributed by atoms with Gasteiger partial charge in [0.1, 0.15) is 5.75 Å². The Labute approximate surface area is 99.7 Å². The van der Waals surface area contributed by atoms with Crippen molar-refractivity contribution in [2.24, 2.45) is 7.05 Å². The second-order valence-electron chi connectivity index (χ2n) is 3.85. The Morgan fingerprint density at radius 1 is 1.41 bits per heavy atom. The van der Waals surface area contributed by atoms with Gasteiger partial charge in [0, 0.05) is 25.2 Å². The molecule has 2 aromatic rings. The normalized spacial score (nSPS) is 12.4. The van der Waals surface area contributed by atoms with Crippen molar-refractivity contribution in [1.29, 1.82) is 0 Å². The van der Waals surface area contributed by atoms with Gasteiger partial charge < -0.3 is 9.84 Å². The molecule has 90 valence electrons. The summed E-state index contributed by atoms with van der Waals surface area (Å²) in [6.07, 6.45) is 1.58. The van der Waals surface area contributed by atoms with Crippen molar-refractivity contribution < 1.29 is 9.84 Å². The molecule has 0 fully saturated rings. The molecule has 1 heterocycles. The minimum absolute atomic E-state index is 0.425. The molecule has 5 heteroatoms. The number of aliphatic hydroxyl groups excluding tert-OH is 1. The number of methoxy groups -OCH3 is 1. The summed E-state index contributed by atoms with van der Waals surface area (Å²) in [5, 5.41) is 17.9. The minimum atomic E-state index is -0.636. The summed E-state index contributed by atoms with van der Waals surface area (Å²) < 4.78 is 6.82. The van der Waals surface area contributed by atoms with Gasteiger partial charge in [0.2, 0.25) is 0 Å². The molecule has 0 aliphatic carbocycles. The van der Waals surface area contributed by atoms with Crippen LogP contribution < -0.4 is 4.74 Å². The van der Waals surface area contributed by atoms with Gasteiger partial charge in [0.25, 0.3) is 0 Å². The molecule has 0 saturated heterocycles. The molecule has 1 aromatic heterocycles. The third kappa shape index (κ3) is 2.62. The number of aliphatic hydroxyl groups is 1. The number of benzene rings is 1. The fourth-order valence-electron chi connectivity index (χ4n) is 1.74. The minimum Gasteiger partial charge on any atom is -0.496 e. The van der Waals surface area contributed by atoms with Gasteiger partial charge in [-0.25, -0.2) is 0 Å². The third-order valence-electron chi connectivity index (χ3n) is 2.55. The number of para-hydroxylation sites is 1. The maximum absolute atomic E-state index is 10.1. The molecular formula is C12H15N3O2. The van der Waals surface area contributed by atoms with E-state index >= 15 is 0 Å². The molecule has 5 nitrogen and oxygen atoms in total. The van der Waals surface area contributed by atoms with Crippen molar-refractivity contribution in [3.63, 3.8) is 0 Å². The summed E-state index contributed by atoms with van der Waals surface area (Å²) >= 11 is 0. The van der Waals surface area contributed by atoms with Crippen LogP contribution in [0.15, 0.2) is 30.5 Å². The summed E-state index contributed by atoms with van der Waals surface area (Å²) in [6.45, 7) is 0. The Hall–Kier alpha value is -1.88. The van der Waals surface area contributed by atoms with Crippen LogP contribution in [0.25, 0.3) is 0 Å². The summed E-state index contributed by atoms with van der Waals surface area (Å²) in [5.74, 6) is 0.684. The lowest BCUT2D eigenvalue weighted by molar-refractivity contribution is 0.173. The lowest BCUT2D eigenvalue weighted by atomic mass is 10.0. The van der Waals surface area contributed by atoms with Gasteiger partial charge in [-0.3, -0.25) is 4.68 Å². The fourth-order valence-corrected chi connectivity index (χ4v) is 1.74. The second-order valence-corrected chi connectivity index (χ2v) is 3.85. The highest BCUT2D eigenvalue weighted by Crippen LogP contribution is 2.26. The van der Waals surface area contributed by atoms with Crippen LogP contribution in [0.2, 0.25) is 0 Å². The van der Waals surface area contributed by atoms with Crippen LogP contribution in [0, 0.1) is 0 Å². The smallest absolute Gasteiger partial charge is 0.124 e. The van der Waals surface area contributed by atoms with E-state index in [2.05, 4.69) is 10.3 Å². The average molecular weight is 233 g/mol. The van der Waals surface area contributed by atoms with Crippen molar-refractivity contribution in [2.45, 2.75) is 12.5 Å². The van der Waals surface area contributed by atoms with Crippen LogP contribution in [-0.4, -0.2) is 27.2 Å². The van der Waals surface area contributed by atoms with Crippen LogP contribution >= 0.6 is 0 Å². The molecule has 0 bridgehead atoms. The van der Waals surface area contributed by atoms with Crippen molar-refractivity contribution in [3.8, 4) is 5.75 Å². The van der Waals surface area contributed by atoms with Crippen molar-refractivity contribution in [1.82, 2.24) is 15.0 Å². The van der Waals surface area contributed by atoms with Crippen LogP contribution in [0.5, 0.6) is 5.75 Å². The predicted octanol–water partition coefficient (Wildman–Crippen LogP) is 1.10. The van der Waals surface area contributed by atoms with Crippen LogP contribution in [0.3, 0.4) is 0 Å². The van der Waals surface area contributed by atoms with E-state index in [9.17, 15) is 5.11 Å². The Kier molecular flexibility index (Phi) is 3.39. The zero-order chi connectivity index (χ0) is 12.3. The van der Waals surface area contributed by atoms with Crippen molar-refractivity contribution in [3.05, 3.63) is 41.7 Å². The quantitative estimate of drug-likeness (QED) is 0.859. The molecule has 1 unspecified atom stereocenters. The number of nitrogens with zero attached hydrogens (tertiary/aromatic N) is 3. The lowest BCUT2D eigenvalue weighted by Gasteiger charge is -2.13. The van der Waals surface area contributed by atoms with Crippen LogP contribution in [-0.2, 0) is 13.5 Å². The highest BCUT2D eigenvalue weighted by Gasteiger charge is 2.14. The Bertz CT molecular complexity index is 496. The number of rotatable bonds is 4. The van der Waals surface area contributed by atoms with Crippen molar-refractivity contribution >= 4 is 0 Å². The molecule has 0 aliphatic heterocycles. The predicted molar refractivity (Wildman–Crippen MR) is 62.7 cm³/mol. The summed E-state index contributed by atoms with van der Waals surface area (Å²) in [5.41, 5.74) is 1.52. The first-order valence-electron chi connectivity index (χ1n) is 5.37. The highest BCUT2D eigenvalue weighted by molar-refractivity contribution is 5.35. The second kappa shape index (κ2) is 4.97. The summed E-state index contributed by atoms with van der Waals surface area (Å²) in [7, 11) is 3.39. The Balaban J connectivity index is 2.16. The molecule has 0 saturated carbocycles. The molecular weight excluding hydrogens is 218 g/mol. The first-order valence-corrected chi connectivity index (χ1v) is 5.37. The highest BCUT2D eigenvalue weighted by atomic mass is 16.5. The van der Waals surface area contributed by atoms with E-state index in [0.717, 1.165) is 11.3 Å². The van der Waals surface area contributed by atoms with Gasteiger partial charge in [0.15, 0.2) is 0 Å². The van der Waals surface area contributed by atoms with E-state index < -0.39 is 6.10 Å². The molecule has 0 aliphatic rings. The Morgan fingerprint density at radius 2 is 2.18 bits per heavy atom. The van der Waals surface area contributed by atoms with Crippen molar-refractivity contribution in [2.75, 3.05) is 7.11 Å². The first kappa shape index (κ1) is 11.6. The maximum Gasteiger partial charge on any atom is 0.124 e. The van der Waals surface area contributed by atoms with E-state index in [-0.39, 0.29) is 0 Å². The van der Waals surface area contributed by atoms with Gasteiger partial charge in [-0.15, -0.1) is 5.10 Å². The zero-order valence-corrected chi connectivity index (χ0v) is 9.87. The number of hydrogen-bond acceptors (Lipinski definition) is 4. The third-order valence-corrected chi connectivity index (χ3v) is 2.55. The van der Waals surface area contributed by atoms with E-state index in [1.165, 1.54) is 0 Å². The molecule has 0 amide bonds. The number of aromatic nitrogens is 3. The number of ether oxygens (including phenoxy) is 1. The molecule has 1 atom stereocenters. The molecule has 1 N–H and O–H groups in total. The zero-order valence-electron chi connectivity index (χ0n) is 9.87. The van der Waals surface area contributed by atoms with Gasteiger partial charge in [0.05, 0.1) is 18.9 Å². The topological polar surface area (TPSA) is 60.2 Å². The summed E-state index contributed by atoms with van der Waals surface area (Å²) in [6, 6.07) is 7.42. The van der Waals surface area contributed by atoms with Gasteiger partial charge in [-0.2, -0.15) is 0 Å².